The molecule has 0 spiro atoms. The molecule has 2 heteroatoms. The molecule has 0 amide bonds. The van der Waals surface area contributed by atoms with E-state index in [-0.39, 0.29) is 5.76 Å². The van der Waals surface area contributed by atoms with Crippen LogP contribution in [0, 0.1) is 0 Å². The van der Waals surface area contributed by atoms with Gasteiger partial charge in [-0.25, -0.2) is 0 Å². The van der Waals surface area contributed by atoms with Crippen LogP contribution in [0.1, 0.15) is 6.92 Å². The first-order valence-electron chi connectivity index (χ1n) is 3.43. The maximum Gasteiger partial charge on any atom is 0.108 e. The van der Waals surface area contributed by atoms with Gasteiger partial charge in [0, 0.05) is 14.1 Å². The molecule has 0 bridgehead atoms. The Balaban J connectivity index is 4.06. The van der Waals surface area contributed by atoms with Crippen LogP contribution in [0.5, 0.6) is 0 Å². The lowest BCUT2D eigenvalue weighted by atomic mass is 10.2. The van der Waals surface area contributed by atoms with Crippen molar-refractivity contribution in [2.24, 2.45) is 0 Å². The summed E-state index contributed by atoms with van der Waals surface area (Å²) in [6, 6.07) is 0. The van der Waals surface area contributed by atoms with Gasteiger partial charge in [0.05, 0.1) is 0 Å². The van der Waals surface area contributed by atoms with E-state index in [1.807, 2.05) is 38.2 Å². The smallest absolute Gasteiger partial charge is 0.108 e. The third kappa shape index (κ3) is 6.71. The molecule has 0 heterocycles. The maximum atomic E-state index is 8.77. The fourth-order valence-electron chi connectivity index (χ4n) is 0.578. The summed E-state index contributed by atoms with van der Waals surface area (Å²) < 4.78 is 0. The predicted molar refractivity (Wildman–Crippen MR) is 48.4 cm³/mol. The molecule has 0 aromatic heterocycles. The van der Waals surface area contributed by atoms with Crippen LogP contribution < -0.4 is 0 Å². The van der Waals surface area contributed by atoms with Gasteiger partial charge in [-0.3, -0.25) is 0 Å². The molecule has 0 aromatic rings. The van der Waals surface area contributed by atoms with Gasteiger partial charge in [-0.15, -0.1) is 0 Å². The predicted octanol–water partition coefficient (Wildman–Crippen LogP) is 2.08. The van der Waals surface area contributed by atoms with Crippen LogP contribution in [0.15, 0.2) is 36.3 Å². The molecule has 62 valence electrons. The van der Waals surface area contributed by atoms with Crippen LogP contribution in [-0.2, 0) is 0 Å². The highest BCUT2D eigenvalue weighted by Crippen LogP contribution is 1.98. The van der Waals surface area contributed by atoms with Gasteiger partial charge in [0.2, 0.25) is 0 Å². The van der Waals surface area contributed by atoms with Gasteiger partial charge in [-0.2, -0.15) is 0 Å². The maximum absolute atomic E-state index is 8.77. The zero-order valence-electron chi connectivity index (χ0n) is 7.33. The van der Waals surface area contributed by atoms with E-state index >= 15 is 0 Å². The van der Waals surface area contributed by atoms with Crippen LogP contribution in [-0.4, -0.2) is 24.1 Å². The Morgan fingerprint density at radius 2 is 2.00 bits per heavy atom. The first-order chi connectivity index (χ1) is 5.02. The average Bonchev–Trinajstić information content (AvgIpc) is 1.82. The van der Waals surface area contributed by atoms with Crippen molar-refractivity contribution < 1.29 is 5.11 Å². The summed E-state index contributed by atoms with van der Waals surface area (Å²) in [5.74, 6) is 0.0888. The van der Waals surface area contributed by atoms with E-state index in [4.69, 9.17) is 5.11 Å². The largest absolute Gasteiger partial charge is 0.509 e. The second-order valence-corrected chi connectivity index (χ2v) is 2.66. The summed E-state index contributed by atoms with van der Waals surface area (Å²) in [5, 5.41) is 8.77. The standard InChI is InChI=1S/C9H15NO/c1-8(7-9(2)11)5-6-10(3)4/h5-7,11H,2H2,1,3-4H3/b6-5-,8-7+. The van der Waals surface area contributed by atoms with Gasteiger partial charge in [0.1, 0.15) is 5.76 Å². The van der Waals surface area contributed by atoms with Crippen molar-refractivity contribution in [2.45, 2.75) is 6.92 Å². The van der Waals surface area contributed by atoms with Gasteiger partial charge < -0.3 is 10.0 Å². The minimum Gasteiger partial charge on any atom is -0.509 e. The van der Waals surface area contributed by atoms with Gasteiger partial charge in [0.15, 0.2) is 0 Å². The second-order valence-electron chi connectivity index (χ2n) is 2.66. The fraction of sp³-hybridized carbons (Fsp3) is 0.333. The molecule has 0 aromatic carbocycles. The third-order valence-electron chi connectivity index (χ3n) is 1.03. The molecule has 0 saturated carbocycles. The molecule has 0 fully saturated rings. The van der Waals surface area contributed by atoms with Crippen molar-refractivity contribution in [3.63, 3.8) is 0 Å². The highest BCUT2D eigenvalue weighted by atomic mass is 16.3. The molecule has 0 aliphatic carbocycles. The van der Waals surface area contributed by atoms with Gasteiger partial charge in [-0.1, -0.05) is 6.58 Å². The van der Waals surface area contributed by atoms with Crippen molar-refractivity contribution in [3.8, 4) is 0 Å². The first-order valence-corrected chi connectivity index (χ1v) is 3.43. The monoisotopic (exact) mass is 153 g/mol. The van der Waals surface area contributed by atoms with E-state index in [1.54, 1.807) is 6.08 Å². The topological polar surface area (TPSA) is 23.5 Å². The van der Waals surface area contributed by atoms with Crippen LogP contribution >= 0.6 is 0 Å². The van der Waals surface area contributed by atoms with Gasteiger partial charge in [0.25, 0.3) is 0 Å². The van der Waals surface area contributed by atoms with Crippen molar-refractivity contribution in [1.82, 2.24) is 4.90 Å². The van der Waals surface area contributed by atoms with Crippen LogP contribution in [0.3, 0.4) is 0 Å². The Bertz CT molecular complexity index is 190. The molecule has 11 heavy (non-hydrogen) atoms. The second kappa shape index (κ2) is 4.61. The van der Waals surface area contributed by atoms with Gasteiger partial charge >= 0.3 is 0 Å². The van der Waals surface area contributed by atoms with E-state index in [0.717, 1.165) is 5.57 Å². The molecular formula is C9H15NO. The van der Waals surface area contributed by atoms with Gasteiger partial charge in [-0.05, 0) is 30.8 Å². The normalized spacial score (nSPS) is 12.1. The molecule has 2 nitrogen and oxygen atoms in total. The van der Waals surface area contributed by atoms with Crippen molar-refractivity contribution in [3.05, 3.63) is 36.3 Å². The zero-order valence-corrected chi connectivity index (χ0v) is 7.33. The Morgan fingerprint density at radius 3 is 2.36 bits per heavy atom. The number of aliphatic hydroxyl groups is 1. The van der Waals surface area contributed by atoms with Crippen LogP contribution in [0.2, 0.25) is 0 Å². The molecule has 0 saturated heterocycles. The molecule has 1 N–H and O–H groups in total. The number of rotatable bonds is 3. The molecule has 0 aliphatic rings. The summed E-state index contributed by atoms with van der Waals surface area (Å²) in [6.45, 7) is 5.26. The Kier molecular flexibility index (Phi) is 4.11. The Labute approximate surface area is 68.1 Å². The Morgan fingerprint density at radius 1 is 1.45 bits per heavy atom. The van der Waals surface area contributed by atoms with E-state index in [1.165, 1.54) is 0 Å². The minimum atomic E-state index is 0.0888. The summed E-state index contributed by atoms with van der Waals surface area (Å²) >= 11 is 0. The van der Waals surface area contributed by atoms with Crippen molar-refractivity contribution in [2.75, 3.05) is 14.1 Å². The summed E-state index contributed by atoms with van der Waals surface area (Å²) in [6.07, 6.45) is 5.43. The third-order valence-corrected chi connectivity index (χ3v) is 1.03. The lowest BCUT2D eigenvalue weighted by molar-refractivity contribution is 0.434. The van der Waals surface area contributed by atoms with Crippen molar-refractivity contribution >= 4 is 0 Å². The molecule has 0 rings (SSSR count). The number of nitrogens with zero attached hydrogens (tertiary/aromatic N) is 1. The Hall–Kier alpha value is -1.18. The number of aliphatic hydroxyl groups excluding tert-OH is 1. The minimum absolute atomic E-state index is 0.0888. The summed E-state index contributed by atoms with van der Waals surface area (Å²) in [5.41, 5.74) is 0.978. The molecule has 0 unspecified atom stereocenters. The van der Waals surface area contributed by atoms with Crippen LogP contribution in [0.25, 0.3) is 0 Å². The summed E-state index contributed by atoms with van der Waals surface area (Å²) in [4.78, 5) is 1.93. The number of hydrogen-bond donors (Lipinski definition) is 1. The zero-order chi connectivity index (χ0) is 8.85. The summed E-state index contributed by atoms with van der Waals surface area (Å²) in [7, 11) is 3.88. The molecule has 0 aliphatic heterocycles. The highest BCUT2D eigenvalue weighted by molar-refractivity contribution is 5.22. The highest BCUT2D eigenvalue weighted by Gasteiger charge is 1.83. The lowest BCUT2D eigenvalue weighted by Crippen LogP contribution is -1.99. The first kappa shape index (κ1) is 9.82. The average molecular weight is 153 g/mol. The molecular weight excluding hydrogens is 138 g/mol. The molecule has 0 atom stereocenters. The fourth-order valence-corrected chi connectivity index (χ4v) is 0.578. The van der Waals surface area contributed by atoms with E-state index < -0.39 is 0 Å². The van der Waals surface area contributed by atoms with E-state index in [2.05, 4.69) is 6.58 Å². The SMILES string of the molecule is C=C(O)/C=C(C)/C=C\N(C)C. The van der Waals surface area contributed by atoms with Crippen molar-refractivity contribution in [1.29, 1.82) is 0 Å². The van der Waals surface area contributed by atoms with Crippen LogP contribution in [0.4, 0.5) is 0 Å². The molecule has 0 radical (unpaired) electrons. The van der Waals surface area contributed by atoms with E-state index in [9.17, 15) is 0 Å². The number of allylic oxidation sites excluding steroid dienone is 3. The quantitative estimate of drug-likeness (QED) is 0.495. The number of hydrogen-bond acceptors (Lipinski definition) is 2. The lowest BCUT2D eigenvalue weighted by Gasteiger charge is -2.02. The van der Waals surface area contributed by atoms with E-state index in [0.29, 0.717) is 0 Å².